The summed E-state index contributed by atoms with van der Waals surface area (Å²) in [4.78, 5) is 2.47. The van der Waals surface area contributed by atoms with Gasteiger partial charge < -0.3 is 10.2 Å². The largest absolute Gasteiger partial charge is 0.369 e. The average Bonchev–Trinajstić information content (AvgIpc) is 2.36. The van der Waals surface area contributed by atoms with Crippen molar-refractivity contribution >= 4 is 5.69 Å². The molecule has 1 aliphatic rings. The Labute approximate surface area is 99.7 Å². The van der Waals surface area contributed by atoms with Gasteiger partial charge in [-0.1, -0.05) is 26.0 Å². The molecule has 0 saturated carbocycles. The van der Waals surface area contributed by atoms with Crippen molar-refractivity contribution in [1.29, 1.82) is 0 Å². The summed E-state index contributed by atoms with van der Waals surface area (Å²) in [7, 11) is 0. The standard InChI is InChI=1S/C12H18N2.C2H6/c1-10-3-4-11(2)12(9-10)14-7-5-13-6-8-14;1-2/h3-4,9,13H,5-8H2,1-2H3;1-2H3. The van der Waals surface area contributed by atoms with Gasteiger partial charge >= 0.3 is 0 Å². The van der Waals surface area contributed by atoms with Gasteiger partial charge in [-0.3, -0.25) is 0 Å². The highest BCUT2D eigenvalue weighted by Crippen LogP contribution is 2.21. The van der Waals surface area contributed by atoms with Crippen LogP contribution < -0.4 is 10.2 Å². The molecule has 16 heavy (non-hydrogen) atoms. The molecule has 1 aromatic rings. The summed E-state index contributed by atoms with van der Waals surface area (Å²) in [6.45, 7) is 12.8. The summed E-state index contributed by atoms with van der Waals surface area (Å²) >= 11 is 0. The summed E-state index contributed by atoms with van der Waals surface area (Å²) in [6, 6.07) is 6.69. The highest BCUT2D eigenvalue weighted by atomic mass is 15.2. The number of hydrogen-bond acceptors (Lipinski definition) is 2. The van der Waals surface area contributed by atoms with E-state index in [0.717, 1.165) is 26.2 Å². The summed E-state index contributed by atoms with van der Waals surface area (Å²) in [6.07, 6.45) is 0. The quantitative estimate of drug-likeness (QED) is 0.783. The van der Waals surface area contributed by atoms with Crippen LogP contribution in [0.3, 0.4) is 0 Å². The van der Waals surface area contributed by atoms with Crippen LogP contribution in [-0.2, 0) is 0 Å². The number of nitrogens with zero attached hydrogens (tertiary/aromatic N) is 1. The maximum Gasteiger partial charge on any atom is 0.0399 e. The van der Waals surface area contributed by atoms with Crippen molar-refractivity contribution < 1.29 is 0 Å². The Kier molecular flexibility index (Phi) is 5.33. The lowest BCUT2D eigenvalue weighted by atomic mass is 10.1. The van der Waals surface area contributed by atoms with Crippen molar-refractivity contribution in [1.82, 2.24) is 5.32 Å². The average molecular weight is 220 g/mol. The molecule has 0 radical (unpaired) electrons. The van der Waals surface area contributed by atoms with E-state index in [0.29, 0.717) is 0 Å². The molecule has 0 atom stereocenters. The molecule has 90 valence electrons. The second kappa shape index (κ2) is 6.54. The van der Waals surface area contributed by atoms with Crippen molar-refractivity contribution in [3.63, 3.8) is 0 Å². The van der Waals surface area contributed by atoms with E-state index in [1.54, 1.807) is 0 Å². The van der Waals surface area contributed by atoms with Crippen molar-refractivity contribution in [3.8, 4) is 0 Å². The van der Waals surface area contributed by atoms with Gasteiger partial charge in [0.15, 0.2) is 0 Å². The van der Waals surface area contributed by atoms with Crippen LogP contribution in [0.4, 0.5) is 5.69 Å². The third kappa shape index (κ3) is 3.24. The smallest absolute Gasteiger partial charge is 0.0399 e. The number of rotatable bonds is 1. The zero-order chi connectivity index (χ0) is 12.0. The Bertz CT molecular complexity index is 315. The zero-order valence-corrected chi connectivity index (χ0v) is 11.0. The first-order valence-electron chi connectivity index (χ1n) is 6.30. The number of anilines is 1. The number of aryl methyl sites for hydroxylation is 2. The predicted octanol–water partition coefficient (Wildman–Crippen LogP) is 2.74. The second-order valence-corrected chi connectivity index (χ2v) is 4.03. The minimum atomic E-state index is 1.10. The number of benzene rings is 1. The third-order valence-electron chi connectivity index (χ3n) is 2.82. The van der Waals surface area contributed by atoms with Gasteiger partial charge in [0.1, 0.15) is 0 Å². The molecule has 1 saturated heterocycles. The molecule has 0 bridgehead atoms. The molecule has 1 N–H and O–H groups in total. The first-order chi connectivity index (χ1) is 7.77. The molecule has 0 spiro atoms. The lowest BCUT2D eigenvalue weighted by Crippen LogP contribution is -2.43. The highest BCUT2D eigenvalue weighted by Gasteiger charge is 2.11. The Morgan fingerprint density at radius 2 is 1.69 bits per heavy atom. The van der Waals surface area contributed by atoms with Crippen LogP contribution in [0.5, 0.6) is 0 Å². The topological polar surface area (TPSA) is 15.3 Å². The maximum atomic E-state index is 3.38. The lowest BCUT2D eigenvalue weighted by Gasteiger charge is -2.30. The van der Waals surface area contributed by atoms with E-state index in [4.69, 9.17) is 0 Å². The molecule has 1 heterocycles. The van der Waals surface area contributed by atoms with Crippen LogP contribution in [0.15, 0.2) is 18.2 Å². The number of nitrogens with one attached hydrogen (secondary N) is 1. The molecule has 1 fully saturated rings. The van der Waals surface area contributed by atoms with Gasteiger partial charge in [0.05, 0.1) is 0 Å². The van der Waals surface area contributed by atoms with Crippen molar-refractivity contribution in [2.75, 3.05) is 31.1 Å². The highest BCUT2D eigenvalue weighted by molar-refractivity contribution is 5.55. The van der Waals surface area contributed by atoms with E-state index < -0.39 is 0 Å². The van der Waals surface area contributed by atoms with Crippen LogP contribution in [0.2, 0.25) is 0 Å². The van der Waals surface area contributed by atoms with Gasteiger partial charge in [-0.15, -0.1) is 0 Å². The van der Waals surface area contributed by atoms with Gasteiger partial charge in [-0.05, 0) is 31.0 Å². The molecule has 0 aromatic heterocycles. The third-order valence-corrected chi connectivity index (χ3v) is 2.82. The molecule has 1 aromatic carbocycles. The first kappa shape index (κ1) is 13.0. The van der Waals surface area contributed by atoms with Gasteiger partial charge in [0, 0.05) is 31.9 Å². The normalized spacial score (nSPS) is 15.4. The van der Waals surface area contributed by atoms with Crippen LogP contribution in [0.1, 0.15) is 25.0 Å². The molecular weight excluding hydrogens is 196 g/mol. The fraction of sp³-hybridized carbons (Fsp3) is 0.571. The molecule has 0 unspecified atom stereocenters. The van der Waals surface area contributed by atoms with E-state index in [1.165, 1.54) is 16.8 Å². The zero-order valence-electron chi connectivity index (χ0n) is 11.0. The van der Waals surface area contributed by atoms with Crippen LogP contribution >= 0.6 is 0 Å². The first-order valence-corrected chi connectivity index (χ1v) is 6.30. The van der Waals surface area contributed by atoms with Crippen LogP contribution in [-0.4, -0.2) is 26.2 Å². The van der Waals surface area contributed by atoms with E-state index in [-0.39, 0.29) is 0 Å². The van der Waals surface area contributed by atoms with Gasteiger partial charge in [0.25, 0.3) is 0 Å². The monoisotopic (exact) mass is 220 g/mol. The Morgan fingerprint density at radius 1 is 1.06 bits per heavy atom. The van der Waals surface area contributed by atoms with Crippen LogP contribution in [0.25, 0.3) is 0 Å². The number of hydrogen-bond donors (Lipinski definition) is 1. The molecule has 2 heteroatoms. The molecule has 0 amide bonds. The van der Waals surface area contributed by atoms with E-state index in [9.17, 15) is 0 Å². The number of piperazine rings is 1. The molecular formula is C14H24N2. The van der Waals surface area contributed by atoms with Gasteiger partial charge in [-0.2, -0.15) is 0 Å². The van der Waals surface area contributed by atoms with E-state index in [2.05, 4.69) is 42.3 Å². The minimum absolute atomic E-state index is 1.10. The Balaban J connectivity index is 0.000000606. The fourth-order valence-corrected chi connectivity index (χ4v) is 1.97. The molecule has 2 nitrogen and oxygen atoms in total. The van der Waals surface area contributed by atoms with E-state index in [1.807, 2.05) is 13.8 Å². The van der Waals surface area contributed by atoms with Crippen molar-refractivity contribution in [3.05, 3.63) is 29.3 Å². The summed E-state index contributed by atoms with van der Waals surface area (Å²) in [5.41, 5.74) is 4.15. The Hall–Kier alpha value is -1.02. The summed E-state index contributed by atoms with van der Waals surface area (Å²) in [5.74, 6) is 0. The SMILES string of the molecule is CC.Cc1ccc(C)c(N2CCNCC2)c1. The lowest BCUT2D eigenvalue weighted by molar-refractivity contribution is 0.588. The van der Waals surface area contributed by atoms with Gasteiger partial charge in [0.2, 0.25) is 0 Å². The second-order valence-electron chi connectivity index (χ2n) is 4.03. The van der Waals surface area contributed by atoms with Crippen molar-refractivity contribution in [2.45, 2.75) is 27.7 Å². The van der Waals surface area contributed by atoms with Crippen molar-refractivity contribution in [2.24, 2.45) is 0 Å². The van der Waals surface area contributed by atoms with Crippen LogP contribution in [0, 0.1) is 13.8 Å². The maximum absolute atomic E-state index is 3.38. The molecule has 2 rings (SSSR count). The fourth-order valence-electron chi connectivity index (χ4n) is 1.97. The van der Waals surface area contributed by atoms with E-state index >= 15 is 0 Å². The molecule has 0 aliphatic carbocycles. The molecule has 1 aliphatic heterocycles. The summed E-state index contributed by atoms with van der Waals surface area (Å²) < 4.78 is 0. The Morgan fingerprint density at radius 3 is 2.31 bits per heavy atom. The summed E-state index contributed by atoms with van der Waals surface area (Å²) in [5, 5.41) is 3.38. The predicted molar refractivity (Wildman–Crippen MR) is 72.3 cm³/mol. The minimum Gasteiger partial charge on any atom is -0.369 e. The van der Waals surface area contributed by atoms with Gasteiger partial charge in [-0.25, -0.2) is 0 Å².